The zero-order valence-electron chi connectivity index (χ0n) is 32.9. The lowest BCUT2D eigenvalue weighted by atomic mass is 9.95. The van der Waals surface area contributed by atoms with Crippen LogP contribution in [0.5, 0.6) is 5.75 Å². The van der Waals surface area contributed by atoms with E-state index in [1.807, 2.05) is 60.7 Å². The summed E-state index contributed by atoms with van der Waals surface area (Å²) in [5.74, 6) is -0.816. The van der Waals surface area contributed by atoms with Gasteiger partial charge in [0.15, 0.2) is 5.82 Å². The number of aromatic amines is 1. The Morgan fingerprint density at radius 1 is 0.807 bits per heavy atom. The molecule has 4 N–H and O–H groups in total. The molecule has 6 rings (SSSR count). The number of fused-ring (bicyclic) bond motifs is 1. The van der Waals surface area contributed by atoms with Crippen LogP contribution in [0.15, 0.2) is 97.6 Å². The first kappa shape index (κ1) is 40.8. The largest absolute Gasteiger partial charge is 0.494 e. The predicted molar refractivity (Wildman–Crippen MR) is 224 cm³/mol. The number of benzene rings is 2. The molecule has 0 aliphatic heterocycles. The molecule has 0 radical (unpaired) electrons. The number of carboxylic acid groups (broad SMARTS) is 1. The van der Waals surface area contributed by atoms with Gasteiger partial charge in [-0.05, 0) is 64.9 Å². The van der Waals surface area contributed by atoms with E-state index in [1.54, 1.807) is 36.9 Å². The molecule has 0 spiro atoms. The van der Waals surface area contributed by atoms with Crippen LogP contribution in [0.25, 0.3) is 33.5 Å². The van der Waals surface area contributed by atoms with Crippen molar-refractivity contribution < 1.29 is 24.2 Å². The number of hydrogen-bond acceptors (Lipinski definition) is 8. The van der Waals surface area contributed by atoms with Crippen LogP contribution in [-0.2, 0) is 27.8 Å². The molecule has 4 heterocycles. The van der Waals surface area contributed by atoms with Crippen LogP contribution in [0.1, 0.15) is 85.5 Å². The van der Waals surface area contributed by atoms with Gasteiger partial charge < -0.3 is 25.5 Å². The van der Waals surface area contributed by atoms with E-state index < -0.39 is 29.9 Å². The number of rotatable bonds is 18. The summed E-state index contributed by atoms with van der Waals surface area (Å²) >= 11 is 1.37. The number of carbonyl (C=O) groups is 3. The van der Waals surface area contributed by atoms with Crippen LogP contribution in [-0.4, -0.2) is 61.5 Å². The fraction of sp³-hybridized carbons (Fsp3) is 0.333. The van der Waals surface area contributed by atoms with E-state index in [9.17, 15) is 19.5 Å². The number of nitrogens with zero attached hydrogens (tertiary/aromatic N) is 3. The normalized spacial score (nSPS) is 12.6. The molecule has 2 aromatic carbocycles. The Balaban J connectivity index is 1.13. The summed E-state index contributed by atoms with van der Waals surface area (Å²) in [6.07, 6.45) is 13.1. The van der Waals surface area contributed by atoms with Gasteiger partial charge in [-0.2, -0.15) is 0 Å². The predicted octanol–water partition coefficient (Wildman–Crippen LogP) is 8.55. The Morgan fingerprint density at radius 3 is 2.21 bits per heavy atom. The van der Waals surface area contributed by atoms with Crippen LogP contribution in [0.4, 0.5) is 0 Å². The van der Waals surface area contributed by atoms with E-state index in [-0.39, 0.29) is 18.3 Å². The number of aromatic nitrogens is 4. The van der Waals surface area contributed by atoms with Crippen molar-refractivity contribution in [2.24, 2.45) is 0 Å². The van der Waals surface area contributed by atoms with Gasteiger partial charge in [0.1, 0.15) is 23.5 Å². The summed E-state index contributed by atoms with van der Waals surface area (Å²) in [5, 5.41) is 16.5. The van der Waals surface area contributed by atoms with E-state index >= 15 is 0 Å². The zero-order valence-corrected chi connectivity index (χ0v) is 33.7. The Labute approximate surface area is 337 Å². The van der Waals surface area contributed by atoms with Crippen molar-refractivity contribution in [3.05, 3.63) is 118 Å². The SMILES string of the molecule is CCCCCCCOc1ccc(-c2cnc(-c3ccc(CC(NC(=O)c4ccc(C(C)(C)C)s4)C(=O)NC(Cc4c[nH]c5ncccc45)C(=O)O)cc3)nc2)cc1. The van der Waals surface area contributed by atoms with Gasteiger partial charge >= 0.3 is 5.97 Å². The summed E-state index contributed by atoms with van der Waals surface area (Å²) in [6.45, 7) is 9.14. The number of pyridine rings is 1. The second-order valence-corrected chi connectivity index (χ2v) is 16.3. The third-order valence-electron chi connectivity index (χ3n) is 9.77. The maximum atomic E-state index is 13.9. The van der Waals surface area contributed by atoms with Crippen LogP contribution < -0.4 is 15.4 Å². The standard InChI is InChI=1S/C45H50N6O5S/c1-5-6-7-8-9-23-56-34-18-16-30(17-19-34)33-27-47-40(48-28-33)31-14-12-29(13-15-31)24-36(50-43(53)38-20-21-39(57-38)45(2,3)4)42(52)51-37(44(54)55)25-32-26-49-41-35(32)11-10-22-46-41/h10-22,26-28,36-37H,5-9,23-25H2,1-4H3,(H,46,49)(H,50,53)(H,51,52)(H,54,55). The van der Waals surface area contributed by atoms with Crippen LogP contribution in [0.3, 0.4) is 0 Å². The van der Waals surface area contributed by atoms with Gasteiger partial charge in [0.25, 0.3) is 5.91 Å². The number of H-pyrrole nitrogens is 1. The molecule has 0 saturated carbocycles. The van der Waals surface area contributed by atoms with Crippen molar-refractivity contribution in [3.63, 3.8) is 0 Å². The molecular weight excluding hydrogens is 737 g/mol. The zero-order chi connectivity index (χ0) is 40.4. The molecule has 12 heteroatoms. The molecule has 2 amide bonds. The van der Waals surface area contributed by atoms with Crippen molar-refractivity contribution in [1.29, 1.82) is 0 Å². The molecule has 296 valence electrons. The first-order valence-electron chi connectivity index (χ1n) is 19.5. The lowest BCUT2D eigenvalue weighted by Gasteiger charge is -2.22. The van der Waals surface area contributed by atoms with Gasteiger partial charge in [-0.25, -0.2) is 19.7 Å². The Kier molecular flexibility index (Phi) is 13.5. The molecule has 0 fully saturated rings. The molecule has 0 aliphatic rings. The van der Waals surface area contributed by atoms with Gasteiger partial charge in [0, 0.05) is 59.0 Å². The van der Waals surface area contributed by atoms with Gasteiger partial charge in [-0.15, -0.1) is 11.3 Å². The molecule has 4 aromatic heterocycles. The highest BCUT2D eigenvalue weighted by atomic mass is 32.1. The van der Waals surface area contributed by atoms with Crippen molar-refractivity contribution in [1.82, 2.24) is 30.6 Å². The van der Waals surface area contributed by atoms with Crippen molar-refractivity contribution in [3.8, 4) is 28.3 Å². The van der Waals surface area contributed by atoms with Gasteiger partial charge in [0.05, 0.1) is 11.5 Å². The second-order valence-electron chi connectivity index (χ2n) is 15.2. The second kappa shape index (κ2) is 18.8. The quantitative estimate of drug-likeness (QED) is 0.0631. The molecule has 0 aliphatic carbocycles. The first-order valence-corrected chi connectivity index (χ1v) is 20.3. The summed E-state index contributed by atoms with van der Waals surface area (Å²) in [4.78, 5) is 57.9. The molecule has 2 unspecified atom stereocenters. The Morgan fingerprint density at radius 2 is 1.53 bits per heavy atom. The number of nitrogens with one attached hydrogen (secondary N) is 3. The third kappa shape index (κ3) is 10.9. The lowest BCUT2D eigenvalue weighted by molar-refractivity contribution is -0.142. The Bertz CT molecular complexity index is 2260. The number of unbranched alkanes of at least 4 members (excludes halogenated alkanes) is 4. The summed E-state index contributed by atoms with van der Waals surface area (Å²) in [7, 11) is 0. The molecular formula is C45H50N6O5S. The number of carbonyl (C=O) groups excluding carboxylic acids is 2. The molecule has 0 saturated heterocycles. The number of thiophene rings is 1. The topological polar surface area (TPSA) is 159 Å². The summed E-state index contributed by atoms with van der Waals surface area (Å²) in [5.41, 5.74) is 4.60. The van der Waals surface area contributed by atoms with Gasteiger partial charge in [-0.1, -0.05) is 89.8 Å². The summed E-state index contributed by atoms with van der Waals surface area (Å²) < 4.78 is 5.91. The maximum absolute atomic E-state index is 13.9. The van der Waals surface area contributed by atoms with E-state index in [1.165, 1.54) is 37.0 Å². The van der Waals surface area contributed by atoms with E-state index in [0.717, 1.165) is 44.7 Å². The number of aliphatic carboxylic acids is 1. The van der Waals surface area contributed by atoms with Crippen LogP contribution in [0, 0.1) is 0 Å². The van der Waals surface area contributed by atoms with Crippen molar-refractivity contribution >= 4 is 40.2 Å². The van der Waals surface area contributed by atoms with E-state index in [2.05, 4.69) is 58.3 Å². The molecule has 6 aromatic rings. The molecule has 0 bridgehead atoms. The van der Waals surface area contributed by atoms with Gasteiger partial charge in [-0.3, -0.25) is 9.59 Å². The van der Waals surface area contributed by atoms with Gasteiger partial charge in [0.2, 0.25) is 5.91 Å². The maximum Gasteiger partial charge on any atom is 0.326 e. The average molecular weight is 787 g/mol. The van der Waals surface area contributed by atoms with E-state index in [0.29, 0.717) is 28.5 Å². The number of ether oxygens (including phenoxy) is 1. The monoisotopic (exact) mass is 786 g/mol. The molecule has 2 atom stereocenters. The minimum Gasteiger partial charge on any atom is -0.494 e. The number of amides is 2. The van der Waals surface area contributed by atoms with E-state index in [4.69, 9.17) is 4.74 Å². The first-order chi connectivity index (χ1) is 27.5. The number of carboxylic acids is 1. The minimum atomic E-state index is -1.25. The Hall–Kier alpha value is -5.88. The van der Waals surface area contributed by atoms with Crippen LogP contribution in [0.2, 0.25) is 0 Å². The minimum absolute atomic E-state index is 0.0275. The molecule has 57 heavy (non-hydrogen) atoms. The van der Waals surface area contributed by atoms with Crippen LogP contribution >= 0.6 is 11.3 Å². The third-order valence-corrected chi connectivity index (χ3v) is 11.3. The summed E-state index contributed by atoms with van der Waals surface area (Å²) in [6, 6.07) is 20.4. The highest BCUT2D eigenvalue weighted by molar-refractivity contribution is 7.14. The average Bonchev–Trinajstić information content (AvgIpc) is 3.88. The fourth-order valence-corrected chi connectivity index (χ4v) is 7.43. The number of hydrogen-bond donors (Lipinski definition) is 4. The highest BCUT2D eigenvalue weighted by Crippen LogP contribution is 2.30. The molecule has 11 nitrogen and oxygen atoms in total. The smallest absolute Gasteiger partial charge is 0.326 e. The fourth-order valence-electron chi connectivity index (χ4n) is 6.47. The lowest BCUT2D eigenvalue weighted by Crippen LogP contribution is -2.53. The van der Waals surface area contributed by atoms with Crippen molar-refractivity contribution in [2.75, 3.05) is 6.61 Å². The van der Waals surface area contributed by atoms with Crippen molar-refractivity contribution in [2.45, 2.75) is 90.1 Å². The highest BCUT2D eigenvalue weighted by Gasteiger charge is 2.29.